The summed E-state index contributed by atoms with van der Waals surface area (Å²) in [4.78, 5) is 38.3. The third-order valence-electron chi connectivity index (χ3n) is 12.8. The molecule has 1 unspecified atom stereocenters. The lowest BCUT2D eigenvalue weighted by Crippen LogP contribution is -2.30. The minimum atomic E-state index is -0.823. The van der Waals surface area contributed by atoms with Crippen LogP contribution in [-0.4, -0.2) is 37.2 Å². The van der Waals surface area contributed by atoms with Crippen LogP contribution in [0.25, 0.3) is 0 Å². The molecule has 0 N–H and O–H groups in total. The Morgan fingerprint density at radius 2 is 0.500 bits per heavy atom. The van der Waals surface area contributed by atoms with E-state index in [-0.39, 0.29) is 37.5 Å². The summed E-state index contributed by atoms with van der Waals surface area (Å²) in [7, 11) is 0. The van der Waals surface area contributed by atoms with E-state index in [9.17, 15) is 14.4 Å². The molecule has 0 aliphatic rings. The molecular weight excluding hydrogens is 961 g/mol. The van der Waals surface area contributed by atoms with Crippen molar-refractivity contribution in [2.24, 2.45) is 0 Å². The molecule has 0 aliphatic carbocycles. The fourth-order valence-corrected chi connectivity index (χ4v) is 8.13. The fraction of sp³-hybridized carbons (Fsp3) is 0.597. The minimum Gasteiger partial charge on any atom is -0.462 e. The summed E-state index contributed by atoms with van der Waals surface area (Å²) in [6.07, 6.45) is 93.8. The van der Waals surface area contributed by atoms with E-state index in [1.165, 1.54) is 70.6 Å². The summed E-state index contributed by atoms with van der Waals surface area (Å²) in [6, 6.07) is 0. The standard InChI is InChI=1S/C72H114O6/c1-4-7-10-13-16-19-22-25-28-30-32-34-35-36-37-39-40-42-44-47-50-53-56-59-62-65-71(74)77-68-69(67-76-70(73)64-61-58-55-52-49-46-27-24-21-18-15-12-9-6-3)78-72(75)66-63-60-57-54-51-48-45-43-41-38-33-31-29-26-23-20-17-14-11-8-5-2/h7-8,10-11,16-17,19-20,25-26,28-29,32-34,36-38,40,42-43,45,47,50-51,54,69H,4-6,9,12-15,18,21-24,27,30-31,35,39,41,44,46,48-49,52-53,55-68H2,1-3H3/b10-7-,11-8-,19-16-,20-17-,28-25-,29-26-,34-32-,37-36-,38-33-,42-40-,45-43-,50-47-,54-51-. The van der Waals surface area contributed by atoms with Crippen molar-refractivity contribution in [2.45, 2.75) is 264 Å². The second kappa shape index (κ2) is 64.6. The molecule has 0 bridgehead atoms. The van der Waals surface area contributed by atoms with Crippen molar-refractivity contribution in [3.8, 4) is 0 Å². The highest BCUT2D eigenvalue weighted by molar-refractivity contribution is 5.71. The van der Waals surface area contributed by atoms with E-state index in [0.29, 0.717) is 19.3 Å². The topological polar surface area (TPSA) is 78.9 Å². The fourth-order valence-electron chi connectivity index (χ4n) is 8.13. The van der Waals surface area contributed by atoms with E-state index in [1.54, 1.807) is 0 Å². The van der Waals surface area contributed by atoms with Gasteiger partial charge in [-0.1, -0.05) is 269 Å². The van der Waals surface area contributed by atoms with Gasteiger partial charge in [0.2, 0.25) is 0 Å². The molecule has 0 spiro atoms. The third-order valence-corrected chi connectivity index (χ3v) is 12.8. The molecule has 0 rings (SSSR count). The van der Waals surface area contributed by atoms with Crippen molar-refractivity contribution < 1.29 is 28.6 Å². The molecular formula is C72H114O6. The summed E-state index contributed by atoms with van der Waals surface area (Å²) in [5, 5.41) is 0. The number of esters is 3. The summed E-state index contributed by atoms with van der Waals surface area (Å²) in [5.41, 5.74) is 0. The number of carbonyl (C=O) groups is 3. The first kappa shape index (κ1) is 73.0. The largest absolute Gasteiger partial charge is 0.462 e. The summed E-state index contributed by atoms with van der Waals surface area (Å²) < 4.78 is 16.9. The van der Waals surface area contributed by atoms with Gasteiger partial charge in [0.15, 0.2) is 6.10 Å². The highest BCUT2D eigenvalue weighted by Crippen LogP contribution is 2.15. The van der Waals surface area contributed by atoms with Crippen LogP contribution in [0.15, 0.2) is 158 Å². The van der Waals surface area contributed by atoms with Crippen molar-refractivity contribution in [2.75, 3.05) is 13.2 Å². The minimum absolute atomic E-state index is 0.111. The molecule has 0 aromatic heterocycles. The van der Waals surface area contributed by atoms with Gasteiger partial charge in [-0.15, -0.1) is 0 Å². The van der Waals surface area contributed by atoms with Gasteiger partial charge in [-0.25, -0.2) is 0 Å². The summed E-state index contributed by atoms with van der Waals surface area (Å²) >= 11 is 0. The normalized spacial score (nSPS) is 13.2. The van der Waals surface area contributed by atoms with Gasteiger partial charge in [-0.2, -0.15) is 0 Å². The van der Waals surface area contributed by atoms with Crippen LogP contribution in [0.5, 0.6) is 0 Å². The van der Waals surface area contributed by atoms with Crippen LogP contribution in [0, 0.1) is 0 Å². The molecule has 0 radical (unpaired) electrons. The Morgan fingerprint density at radius 1 is 0.269 bits per heavy atom. The summed E-state index contributed by atoms with van der Waals surface area (Å²) in [5.74, 6) is -0.992. The zero-order valence-electron chi connectivity index (χ0n) is 50.1. The number of hydrogen-bond donors (Lipinski definition) is 0. The zero-order chi connectivity index (χ0) is 56.4. The van der Waals surface area contributed by atoms with E-state index < -0.39 is 6.10 Å². The maximum absolute atomic E-state index is 12.9. The van der Waals surface area contributed by atoms with Gasteiger partial charge in [0.05, 0.1) is 0 Å². The predicted molar refractivity (Wildman–Crippen MR) is 338 cm³/mol. The molecule has 78 heavy (non-hydrogen) atoms. The number of rotatable bonds is 55. The molecule has 0 fully saturated rings. The number of hydrogen-bond acceptors (Lipinski definition) is 6. The van der Waals surface area contributed by atoms with Crippen LogP contribution in [0.4, 0.5) is 0 Å². The van der Waals surface area contributed by atoms with Gasteiger partial charge in [-0.05, 0) is 128 Å². The molecule has 0 aliphatic heterocycles. The quantitative estimate of drug-likeness (QED) is 0.0261. The van der Waals surface area contributed by atoms with Crippen LogP contribution in [0.2, 0.25) is 0 Å². The van der Waals surface area contributed by atoms with Crippen molar-refractivity contribution in [3.05, 3.63) is 158 Å². The van der Waals surface area contributed by atoms with Gasteiger partial charge in [-0.3, -0.25) is 14.4 Å². The molecule has 0 saturated heterocycles. The molecule has 0 saturated carbocycles. The van der Waals surface area contributed by atoms with Gasteiger partial charge in [0.1, 0.15) is 13.2 Å². The molecule has 6 nitrogen and oxygen atoms in total. The first-order valence-corrected chi connectivity index (χ1v) is 31.5. The molecule has 0 aromatic carbocycles. The van der Waals surface area contributed by atoms with Crippen LogP contribution >= 0.6 is 0 Å². The van der Waals surface area contributed by atoms with E-state index in [0.717, 1.165) is 141 Å². The second-order valence-electron chi connectivity index (χ2n) is 20.2. The van der Waals surface area contributed by atoms with Crippen LogP contribution in [0.1, 0.15) is 258 Å². The van der Waals surface area contributed by atoms with Crippen molar-refractivity contribution in [3.63, 3.8) is 0 Å². The van der Waals surface area contributed by atoms with E-state index in [2.05, 4.69) is 179 Å². The van der Waals surface area contributed by atoms with Crippen molar-refractivity contribution in [1.29, 1.82) is 0 Å². The number of ether oxygens (including phenoxy) is 3. The van der Waals surface area contributed by atoms with Gasteiger partial charge in [0, 0.05) is 19.3 Å². The van der Waals surface area contributed by atoms with Crippen LogP contribution < -0.4 is 0 Å². The molecule has 0 aromatic rings. The van der Waals surface area contributed by atoms with Gasteiger partial charge >= 0.3 is 17.9 Å². The second-order valence-corrected chi connectivity index (χ2v) is 20.2. The van der Waals surface area contributed by atoms with Gasteiger partial charge < -0.3 is 14.2 Å². The Morgan fingerprint density at radius 3 is 0.808 bits per heavy atom. The molecule has 0 amide bonds. The number of allylic oxidation sites excluding steroid dienone is 26. The first-order chi connectivity index (χ1) is 38.5. The Kier molecular flexibility index (Phi) is 60.4. The highest BCUT2D eigenvalue weighted by Gasteiger charge is 2.19. The average molecular weight is 1080 g/mol. The third kappa shape index (κ3) is 61.9. The monoisotopic (exact) mass is 1070 g/mol. The SMILES string of the molecule is CC/C=C\C/C=C\C/C=C\C/C=C\C/C=C\C/C=C\C/C=C\CCCCCC(=O)OCC(COC(=O)CCCCCCCCCCCCCCCC)OC(=O)CCCC/C=C\C/C=C\C/C=C\C/C=C\C/C=C\C/C=C\CC. The summed E-state index contributed by atoms with van der Waals surface area (Å²) in [6.45, 7) is 6.35. The Labute approximate surface area is 480 Å². The van der Waals surface area contributed by atoms with Crippen LogP contribution in [0.3, 0.4) is 0 Å². The molecule has 1 atom stereocenters. The number of unbranched alkanes of at least 4 members (excludes halogenated alkanes) is 18. The van der Waals surface area contributed by atoms with E-state index >= 15 is 0 Å². The van der Waals surface area contributed by atoms with Crippen molar-refractivity contribution in [1.82, 2.24) is 0 Å². The van der Waals surface area contributed by atoms with Crippen LogP contribution in [-0.2, 0) is 28.6 Å². The molecule has 6 heteroatoms. The van der Waals surface area contributed by atoms with Gasteiger partial charge in [0.25, 0.3) is 0 Å². The Hall–Kier alpha value is -4.97. The average Bonchev–Trinajstić information content (AvgIpc) is 3.44. The first-order valence-electron chi connectivity index (χ1n) is 31.5. The van der Waals surface area contributed by atoms with E-state index in [4.69, 9.17) is 14.2 Å². The zero-order valence-corrected chi connectivity index (χ0v) is 50.1. The maximum Gasteiger partial charge on any atom is 0.306 e. The highest BCUT2D eigenvalue weighted by atomic mass is 16.6. The predicted octanol–water partition coefficient (Wildman–Crippen LogP) is 21.7. The molecule has 0 heterocycles. The smallest absolute Gasteiger partial charge is 0.306 e. The maximum atomic E-state index is 12.9. The lowest BCUT2D eigenvalue weighted by molar-refractivity contribution is -0.167. The van der Waals surface area contributed by atoms with E-state index in [1.807, 2.05) is 0 Å². The Balaban J connectivity index is 4.53. The molecule has 438 valence electrons. The lowest BCUT2D eigenvalue weighted by Gasteiger charge is -2.18. The number of carbonyl (C=O) groups excluding carboxylic acids is 3. The lowest BCUT2D eigenvalue weighted by atomic mass is 10.0. The van der Waals surface area contributed by atoms with Crippen molar-refractivity contribution >= 4 is 17.9 Å². The Bertz CT molecular complexity index is 1760.